The summed E-state index contributed by atoms with van der Waals surface area (Å²) in [5, 5.41) is 22.1. The molecule has 0 N–H and O–H groups in total. The molecule has 0 unspecified atom stereocenters. The van der Waals surface area contributed by atoms with Crippen LogP contribution in [0.4, 0.5) is 17.2 Å². The minimum absolute atomic E-state index is 0.188. The van der Waals surface area contributed by atoms with Crippen LogP contribution in [-0.4, -0.2) is 27.9 Å². The molecule has 0 saturated heterocycles. The van der Waals surface area contributed by atoms with E-state index < -0.39 is 9.85 Å². The van der Waals surface area contributed by atoms with Crippen molar-refractivity contribution in [3.05, 3.63) is 67.9 Å². The van der Waals surface area contributed by atoms with E-state index >= 15 is 0 Å². The van der Waals surface area contributed by atoms with Crippen LogP contribution < -0.4 is 4.90 Å². The van der Waals surface area contributed by atoms with Crippen LogP contribution in [0.25, 0.3) is 0 Å². The van der Waals surface area contributed by atoms with Crippen molar-refractivity contribution in [2.75, 3.05) is 18.0 Å². The average molecular weight is 314 g/mol. The first-order chi connectivity index (χ1) is 11.1. The molecule has 8 nitrogen and oxygen atoms in total. The van der Waals surface area contributed by atoms with Gasteiger partial charge in [0.1, 0.15) is 6.20 Å². The van der Waals surface area contributed by atoms with E-state index in [1.165, 1.54) is 11.1 Å². The van der Waals surface area contributed by atoms with Crippen LogP contribution in [0.1, 0.15) is 11.1 Å². The SMILES string of the molecule is O=[N+]([O-])c1cnc(N2CCc3ccccc3CC2)c([N+](=O)[O-])c1. The van der Waals surface area contributed by atoms with Crippen LogP contribution in [0.3, 0.4) is 0 Å². The van der Waals surface area contributed by atoms with Crippen LogP contribution in [0.5, 0.6) is 0 Å². The van der Waals surface area contributed by atoms with Gasteiger partial charge in [-0.1, -0.05) is 24.3 Å². The predicted molar refractivity (Wildman–Crippen MR) is 83.6 cm³/mol. The summed E-state index contributed by atoms with van der Waals surface area (Å²) < 4.78 is 0. The summed E-state index contributed by atoms with van der Waals surface area (Å²) in [4.78, 5) is 26.6. The van der Waals surface area contributed by atoms with Gasteiger partial charge in [0, 0.05) is 13.1 Å². The summed E-state index contributed by atoms with van der Waals surface area (Å²) in [6.45, 7) is 1.17. The van der Waals surface area contributed by atoms with E-state index in [1.807, 2.05) is 17.0 Å². The highest BCUT2D eigenvalue weighted by Crippen LogP contribution is 2.30. The van der Waals surface area contributed by atoms with Crippen molar-refractivity contribution >= 4 is 17.2 Å². The Hall–Kier alpha value is -3.03. The lowest BCUT2D eigenvalue weighted by Gasteiger charge is -2.20. The zero-order valence-corrected chi connectivity index (χ0v) is 12.2. The third kappa shape index (κ3) is 2.96. The Morgan fingerprint density at radius 1 is 1.00 bits per heavy atom. The number of fused-ring (bicyclic) bond motifs is 1. The summed E-state index contributed by atoms with van der Waals surface area (Å²) in [6, 6.07) is 9.02. The maximum absolute atomic E-state index is 11.3. The van der Waals surface area contributed by atoms with Gasteiger partial charge < -0.3 is 4.90 Å². The number of anilines is 1. The summed E-state index contributed by atoms with van der Waals surface area (Å²) >= 11 is 0. The highest BCUT2D eigenvalue weighted by atomic mass is 16.6. The third-order valence-corrected chi connectivity index (χ3v) is 3.96. The Morgan fingerprint density at radius 2 is 1.61 bits per heavy atom. The molecule has 1 aliphatic rings. The van der Waals surface area contributed by atoms with Gasteiger partial charge in [-0.25, -0.2) is 4.98 Å². The van der Waals surface area contributed by atoms with Gasteiger partial charge in [0.15, 0.2) is 0 Å². The van der Waals surface area contributed by atoms with Gasteiger partial charge in [-0.15, -0.1) is 0 Å². The molecule has 2 heterocycles. The number of benzene rings is 1. The Morgan fingerprint density at radius 3 is 2.13 bits per heavy atom. The molecule has 0 saturated carbocycles. The molecule has 23 heavy (non-hydrogen) atoms. The van der Waals surface area contributed by atoms with E-state index in [9.17, 15) is 20.2 Å². The van der Waals surface area contributed by atoms with Crippen molar-refractivity contribution < 1.29 is 9.85 Å². The molecule has 0 atom stereocenters. The van der Waals surface area contributed by atoms with Gasteiger partial charge in [-0.2, -0.15) is 0 Å². The Bertz CT molecular complexity index is 751. The monoisotopic (exact) mass is 314 g/mol. The van der Waals surface area contributed by atoms with E-state index in [0.717, 1.165) is 25.1 Å². The van der Waals surface area contributed by atoms with Gasteiger partial charge in [-0.3, -0.25) is 20.2 Å². The number of pyridine rings is 1. The van der Waals surface area contributed by atoms with Crippen molar-refractivity contribution in [2.45, 2.75) is 12.8 Å². The van der Waals surface area contributed by atoms with Crippen molar-refractivity contribution in [3.8, 4) is 0 Å². The Balaban J connectivity index is 1.93. The molecular weight excluding hydrogens is 300 g/mol. The van der Waals surface area contributed by atoms with Gasteiger partial charge in [0.25, 0.3) is 5.69 Å². The summed E-state index contributed by atoms with van der Waals surface area (Å²) in [6.07, 6.45) is 2.58. The number of aromatic nitrogens is 1. The molecule has 0 spiro atoms. The second-order valence-electron chi connectivity index (χ2n) is 5.31. The van der Waals surface area contributed by atoms with Gasteiger partial charge in [0.2, 0.25) is 5.82 Å². The van der Waals surface area contributed by atoms with Gasteiger partial charge in [0.05, 0.1) is 15.9 Å². The fourth-order valence-corrected chi connectivity index (χ4v) is 2.79. The topological polar surface area (TPSA) is 102 Å². The second-order valence-corrected chi connectivity index (χ2v) is 5.31. The maximum atomic E-state index is 11.3. The molecule has 0 amide bonds. The van der Waals surface area contributed by atoms with Crippen LogP contribution in [0.2, 0.25) is 0 Å². The van der Waals surface area contributed by atoms with Gasteiger partial charge >= 0.3 is 5.69 Å². The van der Waals surface area contributed by atoms with Crippen LogP contribution >= 0.6 is 0 Å². The van der Waals surface area contributed by atoms with Crippen molar-refractivity contribution in [2.24, 2.45) is 0 Å². The van der Waals surface area contributed by atoms with Crippen LogP contribution in [-0.2, 0) is 12.8 Å². The number of nitro groups is 2. The fourth-order valence-electron chi connectivity index (χ4n) is 2.79. The lowest BCUT2D eigenvalue weighted by Crippen LogP contribution is -2.27. The Kier molecular flexibility index (Phi) is 3.88. The largest absolute Gasteiger partial charge is 0.350 e. The minimum atomic E-state index is -0.679. The van der Waals surface area contributed by atoms with Gasteiger partial charge in [-0.05, 0) is 24.0 Å². The molecule has 0 fully saturated rings. The van der Waals surface area contributed by atoms with Crippen LogP contribution in [0, 0.1) is 20.2 Å². The first kappa shape index (κ1) is 14.9. The smallest absolute Gasteiger partial charge is 0.318 e. The Labute approximate surface area is 131 Å². The zero-order valence-electron chi connectivity index (χ0n) is 12.2. The predicted octanol–water partition coefficient (Wildman–Crippen LogP) is 2.50. The van der Waals surface area contributed by atoms with Crippen molar-refractivity contribution in [1.29, 1.82) is 0 Å². The first-order valence-electron chi connectivity index (χ1n) is 7.17. The third-order valence-electron chi connectivity index (χ3n) is 3.96. The molecule has 0 bridgehead atoms. The zero-order chi connectivity index (χ0) is 16.4. The van der Waals surface area contributed by atoms with E-state index in [0.29, 0.717) is 13.1 Å². The quantitative estimate of drug-likeness (QED) is 0.637. The van der Waals surface area contributed by atoms with Crippen molar-refractivity contribution in [1.82, 2.24) is 4.98 Å². The first-order valence-corrected chi connectivity index (χ1v) is 7.17. The average Bonchev–Trinajstić information content (AvgIpc) is 2.76. The standard InChI is InChI=1S/C15H14N4O4/c20-18(21)13-9-14(19(22)23)15(16-10-13)17-7-5-11-3-1-2-4-12(11)6-8-17/h1-4,9-10H,5-8H2. The van der Waals surface area contributed by atoms with E-state index in [4.69, 9.17) is 0 Å². The summed E-state index contributed by atoms with van der Waals surface area (Å²) in [5.41, 5.74) is 1.74. The van der Waals surface area contributed by atoms with E-state index in [-0.39, 0.29) is 17.2 Å². The minimum Gasteiger partial charge on any atom is -0.350 e. The fraction of sp³-hybridized carbons (Fsp3) is 0.267. The molecule has 1 aliphatic heterocycles. The molecule has 1 aromatic heterocycles. The van der Waals surface area contributed by atoms with Crippen molar-refractivity contribution in [3.63, 3.8) is 0 Å². The molecule has 0 aliphatic carbocycles. The lowest BCUT2D eigenvalue weighted by molar-refractivity contribution is -0.394. The molecule has 2 aromatic rings. The highest BCUT2D eigenvalue weighted by molar-refractivity contribution is 5.61. The van der Waals surface area contributed by atoms with E-state index in [2.05, 4.69) is 17.1 Å². The maximum Gasteiger partial charge on any atom is 0.318 e. The normalized spacial score (nSPS) is 14.0. The highest BCUT2D eigenvalue weighted by Gasteiger charge is 2.26. The van der Waals surface area contributed by atoms with E-state index in [1.54, 1.807) is 0 Å². The molecule has 1 aromatic carbocycles. The molecule has 118 valence electrons. The number of nitrogens with zero attached hydrogens (tertiary/aromatic N) is 4. The number of hydrogen-bond acceptors (Lipinski definition) is 6. The lowest BCUT2D eigenvalue weighted by atomic mass is 10.0. The number of rotatable bonds is 3. The summed E-state index contributed by atoms with van der Waals surface area (Å²) in [7, 11) is 0. The second kappa shape index (κ2) is 5.99. The molecular formula is C15H14N4O4. The number of hydrogen-bond donors (Lipinski definition) is 0. The molecule has 3 rings (SSSR count). The van der Waals surface area contributed by atoms with Crippen LogP contribution in [0.15, 0.2) is 36.5 Å². The molecule has 0 radical (unpaired) electrons. The molecule has 8 heteroatoms. The summed E-state index contributed by atoms with van der Waals surface area (Å²) in [5.74, 6) is 0.188.